The molecule has 1 atom stereocenters. The van der Waals surface area contributed by atoms with Crippen molar-refractivity contribution in [3.63, 3.8) is 0 Å². The summed E-state index contributed by atoms with van der Waals surface area (Å²) in [6.07, 6.45) is 0.853. The van der Waals surface area contributed by atoms with E-state index in [2.05, 4.69) is 11.4 Å². The van der Waals surface area contributed by atoms with Gasteiger partial charge in [-0.25, -0.2) is 0 Å². The Balaban J connectivity index is 2.17. The zero-order valence-electron chi connectivity index (χ0n) is 10.9. The summed E-state index contributed by atoms with van der Waals surface area (Å²) >= 11 is 0. The van der Waals surface area contributed by atoms with E-state index >= 15 is 0 Å². The van der Waals surface area contributed by atoms with Gasteiger partial charge >= 0.3 is 0 Å². The minimum absolute atomic E-state index is 0.0110. The van der Waals surface area contributed by atoms with Crippen LogP contribution in [0.5, 0.6) is 0 Å². The van der Waals surface area contributed by atoms with Crippen LogP contribution in [0.15, 0.2) is 24.3 Å². The number of nitriles is 1. The summed E-state index contributed by atoms with van der Waals surface area (Å²) in [5, 5.41) is 12.2. The van der Waals surface area contributed by atoms with Crippen molar-refractivity contribution >= 4 is 11.6 Å². The summed E-state index contributed by atoms with van der Waals surface area (Å²) in [6.45, 7) is 1.42. The molecular weight excluding hydrogens is 242 g/mol. The highest BCUT2D eigenvalue weighted by Gasteiger charge is 2.28. The van der Waals surface area contributed by atoms with Crippen LogP contribution in [0.25, 0.3) is 0 Å². The summed E-state index contributed by atoms with van der Waals surface area (Å²) in [5.74, 6) is -0.0941. The second kappa shape index (κ2) is 6.32. The quantitative estimate of drug-likeness (QED) is 0.872. The Hall–Kier alpha value is -1.90. The molecule has 0 radical (unpaired) electrons. The van der Waals surface area contributed by atoms with Gasteiger partial charge in [0.1, 0.15) is 12.7 Å². The van der Waals surface area contributed by atoms with Gasteiger partial charge in [0.2, 0.25) is 0 Å². The molecule has 19 heavy (non-hydrogen) atoms. The second-order valence-electron chi connectivity index (χ2n) is 4.46. The van der Waals surface area contributed by atoms with E-state index in [9.17, 15) is 4.79 Å². The van der Waals surface area contributed by atoms with Gasteiger partial charge in [0.05, 0.1) is 23.9 Å². The number of amides is 1. The summed E-state index contributed by atoms with van der Waals surface area (Å²) in [5.41, 5.74) is 1.19. The molecule has 1 aromatic carbocycles. The first kappa shape index (κ1) is 13.5. The summed E-state index contributed by atoms with van der Waals surface area (Å²) in [7, 11) is 1.89. The molecule has 1 saturated heterocycles. The largest absolute Gasteiger partial charge is 0.366 e. The van der Waals surface area contributed by atoms with Gasteiger partial charge in [-0.15, -0.1) is 0 Å². The number of para-hydroxylation sites is 1. The van der Waals surface area contributed by atoms with Gasteiger partial charge < -0.3 is 15.0 Å². The van der Waals surface area contributed by atoms with Crippen LogP contribution in [0.4, 0.5) is 5.69 Å². The molecule has 1 fully saturated rings. The van der Waals surface area contributed by atoms with Crippen LogP contribution in [0.3, 0.4) is 0 Å². The number of hydrogen-bond acceptors (Lipinski definition) is 4. The lowest BCUT2D eigenvalue weighted by Gasteiger charge is -2.33. The number of anilines is 1. The fourth-order valence-electron chi connectivity index (χ4n) is 2.14. The Labute approximate surface area is 112 Å². The molecule has 0 bridgehead atoms. The fourth-order valence-corrected chi connectivity index (χ4v) is 2.14. The minimum atomic E-state index is -0.0941. The van der Waals surface area contributed by atoms with Crippen molar-refractivity contribution in [1.82, 2.24) is 5.32 Å². The number of nitrogens with zero attached hydrogens (tertiary/aromatic N) is 2. The Bertz CT molecular complexity index is 496. The number of rotatable bonds is 4. The molecule has 1 heterocycles. The zero-order valence-corrected chi connectivity index (χ0v) is 10.9. The molecule has 1 aliphatic rings. The van der Waals surface area contributed by atoms with Crippen molar-refractivity contribution in [3.8, 4) is 6.07 Å². The van der Waals surface area contributed by atoms with Crippen molar-refractivity contribution in [2.24, 2.45) is 0 Å². The monoisotopic (exact) mass is 259 g/mol. The first-order valence-electron chi connectivity index (χ1n) is 6.32. The molecule has 5 nitrogen and oxygen atoms in total. The highest BCUT2D eigenvalue weighted by Crippen LogP contribution is 2.23. The highest BCUT2D eigenvalue weighted by molar-refractivity contribution is 5.96. The number of carbonyl (C=O) groups excluding carboxylic acids is 1. The average molecular weight is 259 g/mol. The smallest absolute Gasteiger partial charge is 0.253 e. The van der Waals surface area contributed by atoms with Crippen molar-refractivity contribution in [2.45, 2.75) is 12.5 Å². The Morgan fingerprint density at radius 1 is 1.53 bits per heavy atom. The molecule has 1 unspecified atom stereocenters. The lowest BCUT2D eigenvalue weighted by molar-refractivity contribution is -0.129. The average Bonchev–Trinajstić information content (AvgIpc) is 2.46. The van der Waals surface area contributed by atoms with Gasteiger partial charge in [-0.05, 0) is 32.1 Å². The maximum atomic E-state index is 12.0. The molecule has 0 aromatic heterocycles. The first-order chi connectivity index (χ1) is 9.26. The van der Waals surface area contributed by atoms with E-state index in [0.29, 0.717) is 17.8 Å². The molecule has 0 saturated carbocycles. The number of benzene rings is 1. The second-order valence-corrected chi connectivity index (χ2v) is 4.46. The van der Waals surface area contributed by atoms with E-state index in [1.165, 1.54) is 0 Å². The van der Waals surface area contributed by atoms with E-state index < -0.39 is 0 Å². The van der Waals surface area contributed by atoms with Crippen molar-refractivity contribution in [2.75, 3.05) is 31.6 Å². The maximum Gasteiger partial charge on any atom is 0.253 e. The van der Waals surface area contributed by atoms with Gasteiger partial charge in [0, 0.05) is 0 Å². The first-order valence-corrected chi connectivity index (χ1v) is 6.32. The molecule has 100 valence electrons. The molecule has 0 aliphatic carbocycles. The molecule has 2 rings (SSSR count). The molecular formula is C14H17N3O2. The topological polar surface area (TPSA) is 65.4 Å². The Morgan fingerprint density at radius 3 is 3.05 bits per heavy atom. The fraction of sp³-hybridized carbons (Fsp3) is 0.429. The summed E-state index contributed by atoms with van der Waals surface area (Å²) < 4.78 is 5.50. The van der Waals surface area contributed by atoms with Crippen molar-refractivity contribution in [1.29, 1.82) is 5.26 Å². The predicted molar refractivity (Wildman–Crippen MR) is 71.8 cm³/mol. The van der Waals surface area contributed by atoms with E-state index in [0.717, 1.165) is 13.0 Å². The molecule has 1 N–H and O–H groups in total. The lowest BCUT2D eigenvalue weighted by atomic mass is 10.1. The standard InChI is InChI=1S/C14H17N3O2/c1-16-7-6-12-9-17(14(18)10-19-12)13-5-3-2-4-11(13)8-15/h2-5,12,16H,6-7,9-10H2,1H3. The van der Waals surface area contributed by atoms with Gasteiger partial charge in [-0.2, -0.15) is 5.26 Å². The third-order valence-corrected chi connectivity index (χ3v) is 3.16. The van der Waals surface area contributed by atoms with Crippen molar-refractivity contribution in [3.05, 3.63) is 29.8 Å². The predicted octanol–water partition coefficient (Wildman–Crippen LogP) is 0.900. The zero-order chi connectivity index (χ0) is 13.7. The summed E-state index contributed by atoms with van der Waals surface area (Å²) in [6, 6.07) is 9.28. The van der Waals surface area contributed by atoms with Crippen LogP contribution in [-0.2, 0) is 9.53 Å². The van der Waals surface area contributed by atoms with E-state index in [1.54, 1.807) is 23.1 Å². The van der Waals surface area contributed by atoms with Crippen LogP contribution in [0.1, 0.15) is 12.0 Å². The number of carbonyl (C=O) groups is 1. The number of hydrogen-bond donors (Lipinski definition) is 1. The van der Waals surface area contributed by atoms with E-state index in [4.69, 9.17) is 10.00 Å². The third-order valence-electron chi connectivity index (χ3n) is 3.16. The normalized spacial score (nSPS) is 19.3. The number of nitrogens with one attached hydrogen (secondary N) is 1. The van der Waals surface area contributed by atoms with Crippen LogP contribution in [-0.4, -0.2) is 38.8 Å². The minimum Gasteiger partial charge on any atom is -0.366 e. The molecule has 1 aromatic rings. The molecule has 0 spiro atoms. The highest BCUT2D eigenvalue weighted by atomic mass is 16.5. The Kier molecular flexibility index (Phi) is 4.50. The van der Waals surface area contributed by atoms with Gasteiger partial charge in [0.25, 0.3) is 5.91 Å². The van der Waals surface area contributed by atoms with Gasteiger partial charge in [-0.3, -0.25) is 4.79 Å². The van der Waals surface area contributed by atoms with Crippen LogP contribution >= 0.6 is 0 Å². The molecule has 1 aliphatic heterocycles. The molecule has 5 heteroatoms. The number of ether oxygens (including phenoxy) is 1. The lowest BCUT2D eigenvalue weighted by Crippen LogP contribution is -2.47. The number of morpholine rings is 1. The Morgan fingerprint density at radius 2 is 2.32 bits per heavy atom. The molecule has 1 amide bonds. The van der Waals surface area contributed by atoms with Crippen LogP contribution in [0, 0.1) is 11.3 Å². The van der Waals surface area contributed by atoms with Gasteiger partial charge in [-0.1, -0.05) is 12.1 Å². The van der Waals surface area contributed by atoms with Crippen LogP contribution in [0.2, 0.25) is 0 Å². The van der Waals surface area contributed by atoms with Crippen molar-refractivity contribution < 1.29 is 9.53 Å². The van der Waals surface area contributed by atoms with E-state index in [1.807, 2.05) is 13.1 Å². The van der Waals surface area contributed by atoms with Crippen LogP contribution < -0.4 is 10.2 Å². The van der Waals surface area contributed by atoms with Gasteiger partial charge in [0.15, 0.2) is 0 Å². The SMILES string of the molecule is CNCCC1CN(c2ccccc2C#N)C(=O)CO1. The summed E-state index contributed by atoms with van der Waals surface area (Å²) in [4.78, 5) is 13.6. The van der Waals surface area contributed by atoms with E-state index in [-0.39, 0.29) is 18.6 Å². The third kappa shape index (κ3) is 3.11. The maximum absolute atomic E-state index is 12.0.